The van der Waals surface area contributed by atoms with Gasteiger partial charge in [-0.3, -0.25) is 9.69 Å². The smallest absolute Gasteiger partial charge is 0.394 e. The van der Waals surface area contributed by atoms with Gasteiger partial charge in [-0.15, -0.1) is 0 Å². The Kier molecular flexibility index (Phi) is 5.06. The van der Waals surface area contributed by atoms with Gasteiger partial charge in [0.15, 0.2) is 0 Å². The third-order valence-corrected chi connectivity index (χ3v) is 3.05. The van der Waals surface area contributed by atoms with E-state index in [2.05, 4.69) is 0 Å². The minimum absolute atomic E-state index is 0.295. The van der Waals surface area contributed by atoms with Gasteiger partial charge in [0.2, 0.25) is 0 Å². The van der Waals surface area contributed by atoms with E-state index in [-0.39, 0.29) is 6.61 Å². The van der Waals surface area contributed by atoms with Crippen LogP contribution in [0.5, 0.6) is 0 Å². The Balaban J connectivity index is 3.41. The molecule has 0 heterocycles. The molecule has 1 aromatic carbocycles. The maximum Gasteiger partial charge on any atom is 0.394 e. The first-order valence-corrected chi connectivity index (χ1v) is 6.19. The van der Waals surface area contributed by atoms with E-state index in [1.807, 2.05) is 32.0 Å². The van der Waals surface area contributed by atoms with Gasteiger partial charge in [0, 0.05) is 0 Å². The molecule has 1 rings (SSSR count). The van der Waals surface area contributed by atoms with Crippen LogP contribution in [0.4, 0.5) is 5.69 Å². The van der Waals surface area contributed by atoms with E-state index in [9.17, 15) is 14.7 Å². The number of anilines is 1. The topological polar surface area (TPSA) is 77.8 Å². The quantitative estimate of drug-likeness (QED) is 0.806. The van der Waals surface area contributed by atoms with Gasteiger partial charge in [0.05, 0.1) is 18.3 Å². The van der Waals surface area contributed by atoms with Crippen molar-refractivity contribution in [2.75, 3.05) is 11.5 Å². The van der Waals surface area contributed by atoms with Gasteiger partial charge in [-0.2, -0.15) is 0 Å². The number of carboxylic acids is 1. The van der Waals surface area contributed by atoms with Crippen LogP contribution in [0.1, 0.15) is 25.0 Å². The van der Waals surface area contributed by atoms with E-state index < -0.39 is 17.9 Å². The molecule has 0 fully saturated rings. The number of rotatable bonds is 4. The Bertz CT molecular complexity index is 484. The van der Waals surface area contributed by atoms with E-state index in [0.717, 1.165) is 16.0 Å². The molecule has 0 aromatic heterocycles. The molecule has 0 aliphatic carbocycles. The lowest BCUT2D eigenvalue weighted by Gasteiger charge is -2.29. The number of carbonyl (C=O) groups excluding carboxylic acids is 1. The van der Waals surface area contributed by atoms with Crippen molar-refractivity contribution in [2.24, 2.45) is 0 Å². The van der Waals surface area contributed by atoms with Gasteiger partial charge < -0.3 is 10.2 Å². The van der Waals surface area contributed by atoms with Crippen molar-refractivity contribution >= 4 is 17.6 Å². The maximum atomic E-state index is 11.9. The standard InChI is InChI=1S/C14H19NO4/c1-4-11-7-5-6-9(2)12(11)15(10(3)8-16)13(17)14(18)19/h5-7,10,16H,4,8H2,1-3H3,(H,18,19)/t10-/m0/s1. The molecule has 1 amide bonds. The van der Waals surface area contributed by atoms with Crippen molar-refractivity contribution in [3.05, 3.63) is 29.3 Å². The number of carbonyl (C=O) groups is 2. The summed E-state index contributed by atoms with van der Waals surface area (Å²) in [6, 6.07) is 4.95. The van der Waals surface area contributed by atoms with Gasteiger partial charge in [0.25, 0.3) is 0 Å². The molecule has 0 radical (unpaired) electrons. The second-order valence-corrected chi connectivity index (χ2v) is 4.45. The van der Waals surface area contributed by atoms with Crippen LogP contribution in [0.3, 0.4) is 0 Å². The molecule has 0 spiro atoms. The largest absolute Gasteiger partial charge is 0.474 e. The second kappa shape index (κ2) is 6.33. The van der Waals surface area contributed by atoms with Gasteiger partial charge in [-0.1, -0.05) is 25.1 Å². The van der Waals surface area contributed by atoms with Crippen LogP contribution in [0, 0.1) is 6.92 Å². The summed E-state index contributed by atoms with van der Waals surface area (Å²) in [6.07, 6.45) is 0.679. The lowest BCUT2D eigenvalue weighted by molar-refractivity contribution is -0.149. The van der Waals surface area contributed by atoms with Crippen molar-refractivity contribution in [3.63, 3.8) is 0 Å². The highest BCUT2D eigenvalue weighted by atomic mass is 16.4. The molecule has 1 aromatic rings. The van der Waals surface area contributed by atoms with Crippen LogP contribution in [0.25, 0.3) is 0 Å². The molecule has 0 unspecified atom stereocenters. The molecule has 1 atom stereocenters. The van der Waals surface area contributed by atoms with Gasteiger partial charge in [-0.25, -0.2) is 4.79 Å². The first kappa shape index (κ1) is 15.2. The number of carboxylic acid groups (broad SMARTS) is 1. The van der Waals surface area contributed by atoms with Crippen molar-refractivity contribution in [2.45, 2.75) is 33.2 Å². The summed E-state index contributed by atoms with van der Waals surface area (Å²) in [6.45, 7) is 5.08. The monoisotopic (exact) mass is 265 g/mol. The lowest BCUT2D eigenvalue weighted by atomic mass is 10.0. The maximum absolute atomic E-state index is 11.9. The average Bonchev–Trinajstić information content (AvgIpc) is 2.39. The molecule has 0 bridgehead atoms. The molecule has 2 N–H and O–H groups in total. The van der Waals surface area contributed by atoms with Crippen LogP contribution < -0.4 is 4.90 Å². The Morgan fingerprint density at radius 2 is 2.00 bits per heavy atom. The summed E-state index contributed by atoms with van der Waals surface area (Å²) in [4.78, 5) is 24.0. The number of benzene rings is 1. The number of amides is 1. The minimum atomic E-state index is -1.52. The summed E-state index contributed by atoms with van der Waals surface area (Å²) >= 11 is 0. The van der Waals surface area contributed by atoms with Gasteiger partial charge in [0.1, 0.15) is 0 Å². The Morgan fingerprint density at radius 1 is 1.37 bits per heavy atom. The molecule has 0 aliphatic heterocycles. The number of hydrogen-bond donors (Lipinski definition) is 2. The van der Waals surface area contributed by atoms with E-state index in [4.69, 9.17) is 5.11 Å². The van der Waals surface area contributed by atoms with Crippen molar-refractivity contribution < 1.29 is 19.8 Å². The molecule has 104 valence electrons. The number of nitrogens with zero attached hydrogens (tertiary/aromatic N) is 1. The van der Waals surface area contributed by atoms with E-state index in [1.165, 1.54) is 0 Å². The molecular weight excluding hydrogens is 246 g/mol. The molecule has 19 heavy (non-hydrogen) atoms. The number of aliphatic hydroxyl groups is 1. The fraction of sp³-hybridized carbons (Fsp3) is 0.429. The minimum Gasteiger partial charge on any atom is -0.474 e. The van der Waals surface area contributed by atoms with Crippen molar-refractivity contribution in [3.8, 4) is 0 Å². The first-order valence-electron chi connectivity index (χ1n) is 6.19. The van der Waals surface area contributed by atoms with Gasteiger partial charge >= 0.3 is 11.9 Å². The Morgan fingerprint density at radius 3 is 2.47 bits per heavy atom. The molecule has 0 aliphatic rings. The normalized spacial score (nSPS) is 12.0. The van der Waals surface area contributed by atoms with Gasteiger partial charge in [-0.05, 0) is 31.4 Å². The SMILES string of the molecule is CCc1cccc(C)c1N(C(=O)C(=O)O)[C@@H](C)CO. The average molecular weight is 265 g/mol. The first-order chi connectivity index (χ1) is 8.93. The highest BCUT2D eigenvalue weighted by Gasteiger charge is 2.29. The van der Waals surface area contributed by atoms with Crippen LogP contribution in [-0.2, 0) is 16.0 Å². The predicted octanol–water partition coefficient (Wildman–Crippen LogP) is 1.36. The number of aliphatic carboxylic acids is 1. The number of hydrogen-bond acceptors (Lipinski definition) is 3. The summed E-state index contributed by atoms with van der Waals surface area (Å²) in [5, 5.41) is 18.2. The second-order valence-electron chi connectivity index (χ2n) is 4.45. The molecule has 5 nitrogen and oxygen atoms in total. The lowest BCUT2D eigenvalue weighted by Crippen LogP contribution is -2.45. The third-order valence-electron chi connectivity index (χ3n) is 3.05. The Labute approximate surface area is 112 Å². The summed E-state index contributed by atoms with van der Waals surface area (Å²) in [5.41, 5.74) is 2.28. The summed E-state index contributed by atoms with van der Waals surface area (Å²) in [5.74, 6) is -2.55. The number of para-hydroxylation sites is 1. The van der Waals surface area contributed by atoms with E-state index in [0.29, 0.717) is 12.1 Å². The molecular formula is C14H19NO4. The summed E-state index contributed by atoms with van der Waals surface area (Å²) < 4.78 is 0. The van der Waals surface area contributed by atoms with Crippen LogP contribution in [-0.4, -0.2) is 34.7 Å². The predicted molar refractivity (Wildman–Crippen MR) is 72.2 cm³/mol. The summed E-state index contributed by atoms with van der Waals surface area (Å²) in [7, 11) is 0. The zero-order chi connectivity index (χ0) is 14.6. The fourth-order valence-corrected chi connectivity index (χ4v) is 2.06. The highest BCUT2D eigenvalue weighted by molar-refractivity contribution is 6.37. The van der Waals surface area contributed by atoms with E-state index >= 15 is 0 Å². The van der Waals surface area contributed by atoms with Crippen LogP contribution in [0.15, 0.2) is 18.2 Å². The zero-order valence-electron chi connectivity index (χ0n) is 11.4. The number of aliphatic hydroxyl groups excluding tert-OH is 1. The highest BCUT2D eigenvalue weighted by Crippen LogP contribution is 2.27. The fourth-order valence-electron chi connectivity index (χ4n) is 2.06. The van der Waals surface area contributed by atoms with Crippen LogP contribution in [0.2, 0.25) is 0 Å². The Hall–Kier alpha value is -1.88. The zero-order valence-corrected chi connectivity index (χ0v) is 11.4. The van der Waals surface area contributed by atoms with E-state index in [1.54, 1.807) is 6.92 Å². The molecule has 0 saturated carbocycles. The molecule has 5 heteroatoms. The van der Waals surface area contributed by atoms with Crippen molar-refractivity contribution in [1.82, 2.24) is 0 Å². The van der Waals surface area contributed by atoms with Crippen molar-refractivity contribution in [1.29, 1.82) is 0 Å². The van der Waals surface area contributed by atoms with Crippen LogP contribution >= 0.6 is 0 Å². The molecule has 0 saturated heterocycles. The number of aryl methyl sites for hydroxylation is 2. The third kappa shape index (κ3) is 3.12.